The zero-order valence-electron chi connectivity index (χ0n) is 30.6. The van der Waals surface area contributed by atoms with Gasteiger partial charge in [-0.1, -0.05) is 60.7 Å². The van der Waals surface area contributed by atoms with Crippen molar-refractivity contribution in [2.75, 3.05) is 13.1 Å². The van der Waals surface area contributed by atoms with Gasteiger partial charge >= 0.3 is 18.2 Å². The number of hydrogen-bond acceptors (Lipinski definition) is 10. The predicted octanol–water partition coefficient (Wildman–Crippen LogP) is 4.75. The van der Waals surface area contributed by atoms with E-state index >= 15 is 0 Å². The Morgan fingerprint density at radius 3 is 1.69 bits per heavy atom. The summed E-state index contributed by atoms with van der Waals surface area (Å²) < 4.78 is 22.9. The van der Waals surface area contributed by atoms with Crippen LogP contribution in [0.4, 0.5) is 9.59 Å². The Labute approximate surface area is 298 Å². The molecule has 0 spiro atoms. The lowest BCUT2D eigenvalue weighted by molar-refractivity contribution is -0.154. The Morgan fingerprint density at radius 2 is 1.27 bits per heavy atom. The normalized spacial score (nSPS) is 17.1. The number of alkyl carbamates (subject to hydrolysis) is 2. The van der Waals surface area contributed by atoms with Gasteiger partial charge in [0.2, 0.25) is 17.6 Å². The molecule has 0 radical (unpaired) electrons. The van der Waals surface area contributed by atoms with E-state index in [-0.39, 0.29) is 5.76 Å². The van der Waals surface area contributed by atoms with E-state index in [2.05, 4.69) is 20.9 Å². The average molecular weight is 708 g/mol. The number of benzene rings is 2. The Bertz CT molecular complexity index is 1520. The van der Waals surface area contributed by atoms with Gasteiger partial charge in [0.05, 0.1) is 0 Å². The summed E-state index contributed by atoms with van der Waals surface area (Å²) in [4.78, 5) is 72.2. The summed E-state index contributed by atoms with van der Waals surface area (Å²) >= 11 is 0. The number of rotatable bonds is 9. The van der Waals surface area contributed by atoms with Gasteiger partial charge in [-0.2, -0.15) is 0 Å². The van der Waals surface area contributed by atoms with Crippen LogP contribution in [0.5, 0.6) is 0 Å². The van der Waals surface area contributed by atoms with Crippen LogP contribution in [0.1, 0.15) is 79.5 Å². The van der Waals surface area contributed by atoms with E-state index < -0.39 is 71.4 Å². The first-order valence-electron chi connectivity index (χ1n) is 16.7. The number of hydrogen-bond donors (Lipinski definition) is 3. The first kappa shape index (κ1) is 40.0. The van der Waals surface area contributed by atoms with Gasteiger partial charge < -0.3 is 29.2 Å². The molecule has 0 saturated carbocycles. The molecule has 0 fully saturated rings. The van der Waals surface area contributed by atoms with Crippen LogP contribution in [-0.4, -0.2) is 83.3 Å². The highest BCUT2D eigenvalue weighted by Gasteiger charge is 2.44. The quantitative estimate of drug-likeness (QED) is 0.144. The van der Waals surface area contributed by atoms with Crippen molar-refractivity contribution in [3.63, 3.8) is 0 Å². The molecule has 3 atom stereocenters. The molecule has 1 aliphatic heterocycles. The van der Waals surface area contributed by atoms with Crippen LogP contribution >= 0.6 is 0 Å². The fourth-order valence-corrected chi connectivity index (χ4v) is 5.03. The van der Waals surface area contributed by atoms with Crippen molar-refractivity contribution in [1.29, 1.82) is 0 Å². The number of guanidine groups is 1. The van der Waals surface area contributed by atoms with Crippen molar-refractivity contribution in [3.8, 4) is 0 Å². The number of ether oxygens (including phenoxy) is 4. The molecule has 0 aliphatic carbocycles. The minimum Gasteiger partial charge on any atom is -0.471 e. The lowest BCUT2D eigenvalue weighted by Crippen LogP contribution is -2.59. The molecule has 2 aromatic rings. The number of nitrogens with zero attached hydrogens (tertiary/aromatic N) is 2. The first-order valence-corrected chi connectivity index (χ1v) is 16.7. The zero-order valence-corrected chi connectivity index (χ0v) is 30.6. The third kappa shape index (κ3) is 12.5. The summed E-state index contributed by atoms with van der Waals surface area (Å²) in [6.45, 7) is 15.3. The average Bonchev–Trinajstić information content (AvgIpc) is 3.03. The highest BCUT2D eigenvalue weighted by atomic mass is 16.6. The van der Waals surface area contributed by atoms with E-state index in [1.165, 1.54) is 17.9 Å². The molecule has 0 saturated heterocycles. The summed E-state index contributed by atoms with van der Waals surface area (Å²) in [6.07, 6.45) is -2.99. The molecular weight excluding hydrogens is 658 g/mol. The number of carbonyl (C=O) groups excluding carboxylic acids is 5. The maximum absolute atomic E-state index is 14.0. The second kappa shape index (κ2) is 17.5. The summed E-state index contributed by atoms with van der Waals surface area (Å²) in [5.74, 6) is -2.81. The topological polar surface area (TPSA) is 174 Å². The van der Waals surface area contributed by atoms with Crippen LogP contribution in [0.3, 0.4) is 0 Å². The van der Waals surface area contributed by atoms with Gasteiger partial charge in [-0.25, -0.2) is 19.4 Å². The first-order chi connectivity index (χ1) is 23.9. The SMILES string of the molecule is CCN(CC)C(=O)[C@@H]1OC(C(=O)OC(c2ccccc2)c2ccccc2)=C[C@H](N=C(NC(=O)OC(C)(C)C)NC(=O)OC(C)(C)C)[C@H]1NC(C)=O. The molecule has 0 unspecified atom stereocenters. The van der Waals surface area contributed by atoms with Gasteiger partial charge in [-0.3, -0.25) is 20.2 Å². The molecule has 1 aliphatic rings. The van der Waals surface area contributed by atoms with Crippen LogP contribution in [0, 0.1) is 0 Å². The van der Waals surface area contributed by atoms with Crippen molar-refractivity contribution in [3.05, 3.63) is 83.6 Å². The van der Waals surface area contributed by atoms with E-state index in [9.17, 15) is 24.0 Å². The van der Waals surface area contributed by atoms with Gasteiger partial charge in [-0.05, 0) is 72.6 Å². The Balaban J connectivity index is 2.17. The van der Waals surface area contributed by atoms with Crippen molar-refractivity contribution in [1.82, 2.24) is 20.9 Å². The number of nitrogens with one attached hydrogen (secondary N) is 3. The fraction of sp³-hybridized carbons (Fsp3) is 0.459. The predicted molar refractivity (Wildman–Crippen MR) is 189 cm³/mol. The lowest BCUT2D eigenvalue weighted by atomic mass is 9.97. The zero-order chi connectivity index (χ0) is 37.9. The molecule has 3 N–H and O–H groups in total. The molecule has 4 amide bonds. The van der Waals surface area contributed by atoms with Crippen molar-refractivity contribution in [2.45, 2.75) is 97.8 Å². The van der Waals surface area contributed by atoms with Gasteiger partial charge in [0.15, 0.2) is 12.2 Å². The fourth-order valence-electron chi connectivity index (χ4n) is 5.03. The molecule has 0 bridgehead atoms. The Morgan fingerprint density at radius 1 is 0.804 bits per heavy atom. The summed E-state index contributed by atoms with van der Waals surface area (Å²) in [5.41, 5.74) is -0.462. The van der Waals surface area contributed by atoms with Gasteiger partial charge in [0, 0.05) is 20.0 Å². The minimum absolute atomic E-state index is 0.301. The molecule has 3 rings (SSSR count). The van der Waals surface area contributed by atoms with Crippen molar-refractivity contribution < 1.29 is 42.9 Å². The second-order valence-corrected chi connectivity index (χ2v) is 13.6. The van der Waals surface area contributed by atoms with Gasteiger partial charge in [0.25, 0.3) is 5.91 Å². The van der Waals surface area contributed by atoms with Crippen LogP contribution in [0.25, 0.3) is 0 Å². The molecule has 0 aromatic heterocycles. The standard InChI is InChI=1S/C37H49N5O9/c1-10-42(11-2)31(44)30-28(38-23(3)43)26(39-33(40-34(46)50-36(4,5)6)41-35(47)51-37(7,8)9)22-27(48-30)32(45)49-29(24-18-14-12-15-19-24)25-20-16-13-17-21-25/h12-22,26,28-30H,10-11H2,1-9H3,(H,38,43)(H2,39,40,41,46,47)/t26-,28+,30+/m0/s1. The highest BCUT2D eigenvalue weighted by molar-refractivity contribution is 6.01. The van der Waals surface area contributed by atoms with Crippen LogP contribution in [0.15, 0.2) is 77.5 Å². The molecule has 276 valence electrons. The smallest absolute Gasteiger partial charge is 0.414 e. The van der Waals surface area contributed by atoms with Crippen LogP contribution < -0.4 is 16.0 Å². The third-order valence-electron chi connectivity index (χ3n) is 7.11. The lowest BCUT2D eigenvalue weighted by Gasteiger charge is -2.37. The second-order valence-electron chi connectivity index (χ2n) is 13.6. The van der Waals surface area contributed by atoms with E-state index in [4.69, 9.17) is 18.9 Å². The Kier molecular flexibility index (Phi) is 13.7. The monoisotopic (exact) mass is 707 g/mol. The molecule has 51 heavy (non-hydrogen) atoms. The van der Waals surface area contributed by atoms with Crippen LogP contribution in [0.2, 0.25) is 0 Å². The minimum atomic E-state index is -1.47. The number of esters is 1. The van der Waals surface area contributed by atoms with Gasteiger partial charge in [0.1, 0.15) is 23.3 Å². The van der Waals surface area contributed by atoms with E-state index in [1.54, 1.807) is 55.4 Å². The summed E-state index contributed by atoms with van der Waals surface area (Å²) in [7, 11) is 0. The largest absolute Gasteiger partial charge is 0.471 e. The molecule has 1 heterocycles. The Hall–Kier alpha value is -5.40. The number of likely N-dealkylation sites (N-methyl/N-ethyl adjacent to an activating group) is 1. The maximum Gasteiger partial charge on any atom is 0.414 e. The van der Waals surface area contributed by atoms with Gasteiger partial charge in [-0.15, -0.1) is 0 Å². The summed E-state index contributed by atoms with van der Waals surface area (Å²) in [6, 6.07) is 15.7. The van der Waals surface area contributed by atoms with Crippen LogP contribution in [-0.2, 0) is 33.3 Å². The third-order valence-corrected chi connectivity index (χ3v) is 7.11. The number of amides is 4. The van der Waals surface area contributed by atoms with E-state index in [0.29, 0.717) is 24.2 Å². The van der Waals surface area contributed by atoms with Crippen molar-refractivity contribution in [2.24, 2.45) is 4.99 Å². The molecular formula is C37H49N5O9. The molecule has 14 heteroatoms. The maximum atomic E-state index is 14.0. The summed E-state index contributed by atoms with van der Waals surface area (Å²) in [5, 5.41) is 7.51. The number of aliphatic imine (C=N–C) groups is 1. The molecule has 14 nitrogen and oxygen atoms in total. The van der Waals surface area contributed by atoms with E-state index in [0.717, 1.165) is 0 Å². The highest BCUT2D eigenvalue weighted by Crippen LogP contribution is 2.30. The van der Waals surface area contributed by atoms with Crippen molar-refractivity contribution >= 4 is 35.9 Å². The van der Waals surface area contributed by atoms with E-state index in [1.807, 2.05) is 60.7 Å². The number of carbonyl (C=O) groups is 5. The molecule has 2 aromatic carbocycles.